The topological polar surface area (TPSA) is 96.0 Å². The molecule has 31 heavy (non-hydrogen) atoms. The fourth-order valence-electron chi connectivity index (χ4n) is 3.33. The fraction of sp³-hybridized carbons (Fsp3) is 0.261. The van der Waals surface area contributed by atoms with E-state index in [0.717, 1.165) is 10.9 Å². The SMILES string of the molecule is COC(=O)C1(C(=O)Nc2ccc(Oc3cnc4cc(OC)c(OC)cc4c3)cc2)CC1. The summed E-state index contributed by atoms with van der Waals surface area (Å²) in [5.41, 5.74) is 0.272. The van der Waals surface area contributed by atoms with Gasteiger partial charge in [0.05, 0.1) is 33.0 Å². The van der Waals surface area contributed by atoms with Crippen LogP contribution in [0.25, 0.3) is 10.9 Å². The molecule has 8 nitrogen and oxygen atoms in total. The predicted molar refractivity (Wildman–Crippen MR) is 114 cm³/mol. The maximum absolute atomic E-state index is 12.4. The molecule has 0 radical (unpaired) electrons. The molecule has 0 spiro atoms. The lowest BCUT2D eigenvalue weighted by Gasteiger charge is -2.13. The van der Waals surface area contributed by atoms with Crippen LogP contribution in [-0.2, 0) is 14.3 Å². The molecule has 0 unspecified atom stereocenters. The van der Waals surface area contributed by atoms with Crippen molar-refractivity contribution in [3.63, 3.8) is 0 Å². The molecule has 4 rings (SSSR count). The largest absolute Gasteiger partial charge is 0.493 e. The van der Waals surface area contributed by atoms with E-state index in [1.807, 2.05) is 12.1 Å². The van der Waals surface area contributed by atoms with Crippen molar-refractivity contribution in [1.29, 1.82) is 0 Å². The number of methoxy groups -OCH3 is 3. The van der Waals surface area contributed by atoms with Crippen LogP contribution in [0.15, 0.2) is 48.7 Å². The molecular formula is C23H22N2O6. The first-order valence-electron chi connectivity index (χ1n) is 9.68. The number of ether oxygens (including phenoxy) is 4. The number of hydrogen-bond donors (Lipinski definition) is 1. The zero-order valence-corrected chi connectivity index (χ0v) is 17.4. The third-order valence-electron chi connectivity index (χ3n) is 5.27. The van der Waals surface area contributed by atoms with Crippen molar-refractivity contribution >= 4 is 28.5 Å². The number of esters is 1. The number of benzene rings is 2. The zero-order chi connectivity index (χ0) is 22.0. The van der Waals surface area contributed by atoms with Crippen LogP contribution in [0.2, 0.25) is 0 Å². The molecule has 3 aromatic rings. The summed E-state index contributed by atoms with van der Waals surface area (Å²) in [6.07, 6.45) is 2.62. The summed E-state index contributed by atoms with van der Waals surface area (Å²) < 4.78 is 21.3. The van der Waals surface area contributed by atoms with Crippen molar-refractivity contribution in [1.82, 2.24) is 4.98 Å². The Morgan fingerprint density at radius 1 is 0.935 bits per heavy atom. The quantitative estimate of drug-likeness (QED) is 0.455. The first kappa shape index (κ1) is 20.5. The average Bonchev–Trinajstić information content (AvgIpc) is 3.61. The highest BCUT2D eigenvalue weighted by Gasteiger charge is 2.57. The molecular weight excluding hydrogens is 400 g/mol. The van der Waals surface area contributed by atoms with Gasteiger partial charge >= 0.3 is 5.97 Å². The maximum Gasteiger partial charge on any atom is 0.321 e. The Balaban J connectivity index is 1.47. The highest BCUT2D eigenvalue weighted by Crippen LogP contribution is 2.47. The minimum Gasteiger partial charge on any atom is -0.493 e. The molecule has 0 saturated heterocycles. The van der Waals surface area contributed by atoms with Crippen LogP contribution in [-0.4, -0.2) is 38.2 Å². The number of aromatic nitrogens is 1. The first-order chi connectivity index (χ1) is 15.0. The molecule has 0 aliphatic heterocycles. The number of carbonyl (C=O) groups excluding carboxylic acids is 2. The van der Waals surface area contributed by atoms with E-state index in [1.165, 1.54) is 7.11 Å². The van der Waals surface area contributed by atoms with Crippen LogP contribution >= 0.6 is 0 Å². The molecule has 0 atom stereocenters. The van der Waals surface area contributed by atoms with Gasteiger partial charge in [0.2, 0.25) is 5.91 Å². The number of hydrogen-bond acceptors (Lipinski definition) is 7. The molecule has 1 fully saturated rings. The van der Waals surface area contributed by atoms with E-state index in [9.17, 15) is 9.59 Å². The van der Waals surface area contributed by atoms with Gasteiger partial charge in [-0.1, -0.05) is 0 Å². The van der Waals surface area contributed by atoms with E-state index in [2.05, 4.69) is 10.3 Å². The van der Waals surface area contributed by atoms with Crippen LogP contribution in [0.4, 0.5) is 5.69 Å². The van der Waals surface area contributed by atoms with E-state index in [-0.39, 0.29) is 5.91 Å². The summed E-state index contributed by atoms with van der Waals surface area (Å²) in [6, 6.07) is 12.4. The lowest BCUT2D eigenvalue weighted by molar-refractivity contribution is -0.150. The van der Waals surface area contributed by atoms with E-state index >= 15 is 0 Å². The summed E-state index contributed by atoms with van der Waals surface area (Å²) in [6.45, 7) is 0. The second-order valence-electron chi connectivity index (χ2n) is 7.23. The number of amides is 1. The minimum absolute atomic E-state index is 0.351. The van der Waals surface area contributed by atoms with Gasteiger partial charge in [-0.15, -0.1) is 0 Å². The Bertz CT molecular complexity index is 1140. The Labute approximate surface area is 179 Å². The van der Waals surface area contributed by atoms with Gasteiger partial charge in [0.25, 0.3) is 0 Å². The lowest BCUT2D eigenvalue weighted by atomic mass is 10.1. The highest BCUT2D eigenvalue weighted by molar-refractivity contribution is 6.11. The van der Waals surface area contributed by atoms with Gasteiger partial charge < -0.3 is 24.3 Å². The Morgan fingerprint density at radius 3 is 2.23 bits per heavy atom. The summed E-state index contributed by atoms with van der Waals surface area (Å²) in [4.78, 5) is 28.7. The molecule has 1 amide bonds. The molecule has 1 N–H and O–H groups in total. The lowest BCUT2D eigenvalue weighted by Crippen LogP contribution is -2.32. The van der Waals surface area contributed by atoms with E-state index < -0.39 is 11.4 Å². The van der Waals surface area contributed by atoms with Crippen molar-refractivity contribution in [2.24, 2.45) is 5.41 Å². The van der Waals surface area contributed by atoms with Gasteiger partial charge in [0.15, 0.2) is 11.5 Å². The Kier molecular flexibility index (Phi) is 5.37. The van der Waals surface area contributed by atoms with Gasteiger partial charge in [-0.05, 0) is 49.2 Å². The average molecular weight is 422 g/mol. The monoisotopic (exact) mass is 422 g/mol. The normalized spacial score (nSPS) is 13.9. The minimum atomic E-state index is -1.05. The second-order valence-corrected chi connectivity index (χ2v) is 7.23. The number of fused-ring (bicyclic) bond motifs is 1. The van der Waals surface area contributed by atoms with E-state index in [4.69, 9.17) is 18.9 Å². The van der Waals surface area contributed by atoms with Crippen molar-refractivity contribution in [3.8, 4) is 23.0 Å². The summed E-state index contributed by atoms with van der Waals surface area (Å²) >= 11 is 0. The van der Waals surface area contributed by atoms with Crippen molar-refractivity contribution in [2.75, 3.05) is 26.6 Å². The van der Waals surface area contributed by atoms with Crippen molar-refractivity contribution in [2.45, 2.75) is 12.8 Å². The third-order valence-corrected chi connectivity index (χ3v) is 5.27. The molecule has 0 bridgehead atoms. The van der Waals surface area contributed by atoms with Crippen molar-refractivity contribution < 1.29 is 28.5 Å². The molecule has 1 aliphatic carbocycles. The molecule has 1 heterocycles. The number of nitrogens with one attached hydrogen (secondary N) is 1. The Morgan fingerprint density at radius 2 is 1.61 bits per heavy atom. The zero-order valence-electron chi connectivity index (χ0n) is 17.4. The molecule has 1 aliphatic rings. The molecule has 1 aromatic heterocycles. The van der Waals surface area contributed by atoms with Crippen LogP contribution < -0.4 is 19.5 Å². The number of carbonyl (C=O) groups is 2. The number of anilines is 1. The predicted octanol–water partition coefficient (Wildman–Crippen LogP) is 3.94. The van der Waals surface area contributed by atoms with Crippen molar-refractivity contribution in [3.05, 3.63) is 48.7 Å². The number of rotatable bonds is 7. The smallest absolute Gasteiger partial charge is 0.321 e. The van der Waals surface area contributed by atoms with Crippen LogP contribution in [0, 0.1) is 5.41 Å². The first-order valence-corrected chi connectivity index (χ1v) is 9.68. The van der Waals surface area contributed by atoms with Gasteiger partial charge in [-0.25, -0.2) is 0 Å². The van der Waals surface area contributed by atoms with Crippen LogP contribution in [0.1, 0.15) is 12.8 Å². The number of nitrogens with zero attached hydrogens (tertiary/aromatic N) is 1. The second kappa shape index (κ2) is 8.14. The van der Waals surface area contributed by atoms with Gasteiger partial charge in [-0.3, -0.25) is 14.6 Å². The van der Waals surface area contributed by atoms with Crippen LogP contribution in [0.5, 0.6) is 23.0 Å². The Hall–Kier alpha value is -3.81. The summed E-state index contributed by atoms with van der Waals surface area (Å²) in [7, 11) is 4.44. The maximum atomic E-state index is 12.4. The molecule has 8 heteroatoms. The van der Waals surface area contributed by atoms with E-state index in [1.54, 1.807) is 50.7 Å². The van der Waals surface area contributed by atoms with Gasteiger partial charge in [0, 0.05) is 17.1 Å². The fourth-order valence-corrected chi connectivity index (χ4v) is 3.33. The highest BCUT2D eigenvalue weighted by atomic mass is 16.5. The molecule has 1 saturated carbocycles. The summed E-state index contributed by atoms with van der Waals surface area (Å²) in [5.74, 6) is 1.50. The molecule has 2 aromatic carbocycles. The number of pyridine rings is 1. The standard InChI is InChI=1S/C23H22N2O6/c1-28-19-11-14-10-17(13-24-18(14)12-20(19)29-2)31-16-6-4-15(5-7-16)25-21(26)23(8-9-23)22(27)30-3/h4-7,10-13H,8-9H2,1-3H3,(H,25,26). The van der Waals surface area contributed by atoms with Gasteiger partial charge in [-0.2, -0.15) is 0 Å². The third kappa shape index (κ3) is 3.96. The van der Waals surface area contributed by atoms with E-state index in [0.29, 0.717) is 41.5 Å². The molecule has 160 valence electrons. The summed E-state index contributed by atoms with van der Waals surface area (Å²) in [5, 5.41) is 3.61. The van der Waals surface area contributed by atoms with Gasteiger partial charge in [0.1, 0.15) is 16.9 Å². The van der Waals surface area contributed by atoms with Crippen LogP contribution in [0.3, 0.4) is 0 Å².